The second-order valence-corrected chi connectivity index (χ2v) is 5.24. The summed E-state index contributed by atoms with van der Waals surface area (Å²) < 4.78 is 6.03. The van der Waals surface area contributed by atoms with Crippen LogP contribution in [0, 0.1) is 0 Å². The van der Waals surface area contributed by atoms with Crippen molar-refractivity contribution in [3.8, 4) is 5.75 Å². The second-order valence-electron chi connectivity index (χ2n) is 5.24. The van der Waals surface area contributed by atoms with Crippen molar-refractivity contribution in [2.24, 2.45) is 0 Å². The van der Waals surface area contributed by atoms with E-state index in [1.54, 1.807) is 0 Å². The van der Waals surface area contributed by atoms with E-state index in [0.29, 0.717) is 6.61 Å². The van der Waals surface area contributed by atoms with Crippen molar-refractivity contribution in [1.82, 2.24) is 0 Å². The number of likely N-dealkylation sites (N-methyl/N-ethyl adjacent to an activating group) is 1. The number of anilines is 1. The Morgan fingerprint density at radius 2 is 1.55 bits per heavy atom. The summed E-state index contributed by atoms with van der Waals surface area (Å²) in [4.78, 5) is 2.32. The Hall–Kier alpha value is -2.48. The van der Waals surface area contributed by atoms with Crippen molar-refractivity contribution < 1.29 is 4.74 Å². The topological polar surface area (TPSA) is 12.5 Å². The van der Waals surface area contributed by atoms with Gasteiger partial charge in [-0.1, -0.05) is 54.6 Å². The third-order valence-corrected chi connectivity index (χ3v) is 3.87. The zero-order valence-corrected chi connectivity index (χ0v) is 12.9. The zero-order chi connectivity index (χ0) is 15.2. The molecular formula is C20H21NO. The van der Waals surface area contributed by atoms with Crippen molar-refractivity contribution in [3.05, 3.63) is 72.8 Å². The molecule has 0 aliphatic heterocycles. The fraction of sp³-hybridized carbons (Fsp3) is 0.200. The lowest BCUT2D eigenvalue weighted by Gasteiger charge is -2.23. The number of hydrogen-bond acceptors (Lipinski definition) is 2. The van der Waals surface area contributed by atoms with Gasteiger partial charge in [-0.3, -0.25) is 0 Å². The SMILES string of the molecule is CCN(CCOc1cccc2ccccc12)c1ccccc1. The highest BCUT2D eigenvalue weighted by atomic mass is 16.5. The molecule has 0 atom stereocenters. The number of ether oxygens (including phenoxy) is 1. The highest BCUT2D eigenvalue weighted by Gasteiger charge is 2.05. The number of nitrogens with zero attached hydrogens (tertiary/aromatic N) is 1. The van der Waals surface area contributed by atoms with Gasteiger partial charge in [0.1, 0.15) is 12.4 Å². The van der Waals surface area contributed by atoms with Gasteiger partial charge in [-0.15, -0.1) is 0 Å². The van der Waals surface area contributed by atoms with Crippen LogP contribution < -0.4 is 9.64 Å². The van der Waals surface area contributed by atoms with Crippen LogP contribution in [0.5, 0.6) is 5.75 Å². The minimum atomic E-state index is 0.677. The van der Waals surface area contributed by atoms with Crippen LogP contribution in [0.1, 0.15) is 6.92 Å². The van der Waals surface area contributed by atoms with Crippen LogP contribution in [0.4, 0.5) is 5.69 Å². The summed E-state index contributed by atoms with van der Waals surface area (Å²) in [6.45, 7) is 4.70. The van der Waals surface area contributed by atoms with E-state index < -0.39 is 0 Å². The van der Waals surface area contributed by atoms with Crippen LogP contribution in [0.3, 0.4) is 0 Å². The molecule has 0 N–H and O–H groups in total. The molecule has 0 radical (unpaired) electrons. The Balaban J connectivity index is 1.67. The summed E-state index contributed by atoms with van der Waals surface area (Å²) in [5.74, 6) is 0.960. The molecule has 0 aliphatic rings. The molecule has 0 amide bonds. The Morgan fingerprint density at radius 1 is 0.818 bits per heavy atom. The molecule has 3 rings (SSSR count). The lowest BCUT2D eigenvalue weighted by atomic mass is 10.1. The van der Waals surface area contributed by atoms with E-state index in [1.165, 1.54) is 16.5 Å². The molecular weight excluding hydrogens is 270 g/mol. The molecule has 22 heavy (non-hydrogen) atoms. The van der Waals surface area contributed by atoms with Gasteiger partial charge in [0.25, 0.3) is 0 Å². The van der Waals surface area contributed by atoms with Crippen molar-refractivity contribution in [2.45, 2.75) is 6.92 Å². The zero-order valence-electron chi connectivity index (χ0n) is 12.9. The van der Waals surface area contributed by atoms with Gasteiger partial charge in [-0.2, -0.15) is 0 Å². The van der Waals surface area contributed by atoms with Gasteiger partial charge in [0.05, 0.1) is 6.54 Å². The highest BCUT2D eigenvalue weighted by Crippen LogP contribution is 2.25. The smallest absolute Gasteiger partial charge is 0.127 e. The monoisotopic (exact) mass is 291 g/mol. The Morgan fingerprint density at radius 3 is 2.36 bits per heavy atom. The molecule has 3 aromatic carbocycles. The average molecular weight is 291 g/mol. The van der Waals surface area contributed by atoms with Gasteiger partial charge in [0.2, 0.25) is 0 Å². The van der Waals surface area contributed by atoms with Gasteiger partial charge in [0.15, 0.2) is 0 Å². The maximum Gasteiger partial charge on any atom is 0.127 e. The number of rotatable bonds is 6. The summed E-state index contributed by atoms with van der Waals surface area (Å²) in [5.41, 5.74) is 1.24. The first-order valence-electron chi connectivity index (χ1n) is 7.79. The van der Waals surface area contributed by atoms with Crippen LogP contribution >= 0.6 is 0 Å². The standard InChI is InChI=1S/C20H21NO/c1-2-21(18-11-4-3-5-12-18)15-16-22-20-14-8-10-17-9-6-7-13-19(17)20/h3-14H,2,15-16H2,1H3. The van der Waals surface area contributed by atoms with Crippen molar-refractivity contribution in [2.75, 3.05) is 24.6 Å². The van der Waals surface area contributed by atoms with E-state index in [2.05, 4.69) is 66.4 Å². The Bertz CT molecular complexity index is 719. The number of para-hydroxylation sites is 1. The van der Waals surface area contributed by atoms with Gasteiger partial charge in [-0.05, 0) is 30.5 Å². The lowest BCUT2D eigenvalue weighted by molar-refractivity contribution is 0.328. The molecule has 0 aliphatic carbocycles. The molecule has 2 nitrogen and oxygen atoms in total. The van der Waals surface area contributed by atoms with Crippen LogP contribution in [0.2, 0.25) is 0 Å². The summed E-state index contributed by atoms with van der Waals surface area (Å²) in [7, 11) is 0. The molecule has 0 bridgehead atoms. The first kappa shape index (κ1) is 14.5. The lowest BCUT2D eigenvalue weighted by Crippen LogP contribution is -2.27. The molecule has 2 heteroatoms. The first-order chi connectivity index (χ1) is 10.9. The van der Waals surface area contributed by atoms with Crippen LogP contribution in [0.15, 0.2) is 72.8 Å². The molecule has 0 saturated heterocycles. The fourth-order valence-corrected chi connectivity index (χ4v) is 2.70. The third kappa shape index (κ3) is 3.22. The summed E-state index contributed by atoms with van der Waals surface area (Å²) in [6.07, 6.45) is 0. The molecule has 112 valence electrons. The summed E-state index contributed by atoms with van der Waals surface area (Å²) in [5, 5.41) is 2.39. The van der Waals surface area contributed by atoms with Crippen LogP contribution in [0.25, 0.3) is 10.8 Å². The highest BCUT2D eigenvalue weighted by molar-refractivity contribution is 5.88. The van der Waals surface area contributed by atoms with E-state index >= 15 is 0 Å². The maximum absolute atomic E-state index is 6.03. The number of fused-ring (bicyclic) bond motifs is 1. The second kappa shape index (κ2) is 6.99. The predicted molar refractivity (Wildman–Crippen MR) is 93.8 cm³/mol. The summed E-state index contributed by atoms with van der Waals surface area (Å²) in [6, 6.07) is 25.0. The quantitative estimate of drug-likeness (QED) is 0.650. The predicted octanol–water partition coefficient (Wildman–Crippen LogP) is 4.75. The Kier molecular flexibility index (Phi) is 4.59. The maximum atomic E-state index is 6.03. The minimum Gasteiger partial charge on any atom is -0.491 e. The molecule has 0 saturated carbocycles. The molecule has 0 unspecified atom stereocenters. The van der Waals surface area contributed by atoms with E-state index in [-0.39, 0.29) is 0 Å². The van der Waals surface area contributed by atoms with Gasteiger partial charge in [-0.25, -0.2) is 0 Å². The van der Waals surface area contributed by atoms with Gasteiger partial charge < -0.3 is 9.64 Å². The fourth-order valence-electron chi connectivity index (χ4n) is 2.70. The van der Waals surface area contributed by atoms with Crippen molar-refractivity contribution >= 4 is 16.5 Å². The van der Waals surface area contributed by atoms with E-state index in [0.717, 1.165) is 18.8 Å². The normalized spacial score (nSPS) is 10.6. The average Bonchev–Trinajstić information content (AvgIpc) is 2.59. The van der Waals surface area contributed by atoms with Crippen LogP contribution in [-0.4, -0.2) is 19.7 Å². The third-order valence-electron chi connectivity index (χ3n) is 3.87. The van der Waals surface area contributed by atoms with E-state index in [4.69, 9.17) is 4.74 Å². The first-order valence-corrected chi connectivity index (χ1v) is 7.79. The Labute approximate surface area is 132 Å². The number of hydrogen-bond donors (Lipinski definition) is 0. The van der Waals surface area contributed by atoms with E-state index in [1.807, 2.05) is 18.2 Å². The van der Waals surface area contributed by atoms with Crippen molar-refractivity contribution in [1.29, 1.82) is 0 Å². The molecule has 0 fully saturated rings. The molecule has 3 aromatic rings. The molecule has 0 heterocycles. The number of benzene rings is 3. The largest absolute Gasteiger partial charge is 0.491 e. The minimum absolute atomic E-state index is 0.677. The van der Waals surface area contributed by atoms with E-state index in [9.17, 15) is 0 Å². The molecule has 0 aromatic heterocycles. The van der Waals surface area contributed by atoms with Crippen LogP contribution in [-0.2, 0) is 0 Å². The van der Waals surface area contributed by atoms with Crippen molar-refractivity contribution in [3.63, 3.8) is 0 Å². The van der Waals surface area contributed by atoms with Gasteiger partial charge in [0, 0.05) is 17.6 Å². The molecule has 0 spiro atoms. The van der Waals surface area contributed by atoms with Gasteiger partial charge >= 0.3 is 0 Å². The summed E-state index contributed by atoms with van der Waals surface area (Å²) >= 11 is 0.